The number of rotatable bonds is 8. The normalized spacial score (nSPS) is 13.3. The highest BCUT2D eigenvalue weighted by Gasteiger charge is 2.22. The molecule has 0 spiro atoms. The molecule has 4 rings (SSSR count). The number of ether oxygens (including phenoxy) is 2. The third-order valence-electron chi connectivity index (χ3n) is 5.45. The molecule has 8 nitrogen and oxygen atoms in total. The molecular formula is C25H30N6O2. The van der Waals surface area contributed by atoms with Crippen molar-refractivity contribution in [2.45, 2.75) is 26.2 Å². The number of aromatic nitrogens is 2. The van der Waals surface area contributed by atoms with Gasteiger partial charge in [-0.25, -0.2) is 0 Å². The highest BCUT2D eigenvalue weighted by atomic mass is 16.5. The Morgan fingerprint density at radius 2 is 1.82 bits per heavy atom. The number of hydrogen-bond donors (Lipinski definition) is 4. The quantitative estimate of drug-likeness (QED) is 0.276. The summed E-state index contributed by atoms with van der Waals surface area (Å²) in [6.07, 6.45) is 3.36. The van der Waals surface area contributed by atoms with E-state index in [0.29, 0.717) is 34.9 Å². The zero-order chi connectivity index (χ0) is 23.2. The number of benzene rings is 2. The number of imidazole rings is 1. The molecule has 1 fully saturated rings. The van der Waals surface area contributed by atoms with Gasteiger partial charge in [0.1, 0.15) is 28.8 Å². The molecule has 3 aromatic rings. The Labute approximate surface area is 194 Å². The van der Waals surface area contributed by atoms with Crippen molar-refractivity contribution >= 4 is 17.3 Å². The minimum Gasteiger partial charge on any atom is -0.497 e. The lowest BCUT2D eigenvalue weighted by Crippen LogP contribution is -2.36. The molecule has 0 radical (unpaired) electrons. The van der Waals surface area contributed by atoms with Crippen LogP contribution in [0.15, 0.2) is 60.9 Å². The van der Waals surface area contributed by atoms with Crippen molar-refractivity contribution in [1.29, 1.82) is 5.41 Å². The van der Waals surface area contributed by atoms with Gasteiger partial charge in [-0.3, -0.25) is 5.41 Å². The Bertz CT molecular complexity index is 1120. The van der Waals surface area contributed by atoms with E-state index in [1.165, 1.54) is 6.42 Å². The van der Waals surface area contributed by atoms with Crippen molar-refractivity contribution in [2.75, 3.05) is 30.8 Å². The van der Waals surface area contributed by atoms with Gasteiger partial charge in [0.2, 0.25) is 0 Å². The zero-order valence-electron chi connectivity index (χ0n) is 19.1. The van der Waals surface area contributed by atoms with E-state index in [0.717, 1.165) is 42.9 Å². The van der Waals surface area contributed by atoms with Crippen molar-refractivity contribution in [3.8, 4) is 17.5 Å². The van der Waals surface area contributed by atoms with Crippen LogP contribution in [0.1, 0.15) is 30.5 Å². The van der Waals surface area contributed by atoms with E-state index < -0.39 is 0 Å². The smallest absolute Gasteiger partial charge is 0.301 e. The van der Waals surface area contributed by atoms with Crippen LogP contribution in [0.4, 0.5) is 11.5 Å². The minimum atomic E-state index is 0.317. The summed E-state index contributed by atoms with van der Waals surface area (Å²) >= 11 is 0. The Hall–Kier alpha value is -3.94. The first-order valence-electron chi connectivity index (χ1n) is 11.1. The summed E-state index contributed by atoms with van der Waals surface area (Å²) in [7, 11) is 1.63. The number of hydrogen-bond acceptors (Lipinski definition) is 6. The summed E-state index contributed by atoms with van der Waals surface area (Å²) in [5.41, 5.74) is 2.51. The molecule has 2 aromatic carbocycles. The minimum absolute atomic E-state index is 0.317. The average Bonchev–Trinajstić information content (AvgIpc) is 3.21. The van der Waals surface area contributed by atoms with E-state index in [9.17, 15) is 0 Å². The third-order valence-corrected chi connectivity index (χ3v) is 5.45. The Kier molecular flexibility index (Phi) is 6.83. The molecule has 0 bridgehead atoms. The van der Waals surface area contributed by atoms with Gasteiger partial charge in [0.05, 0.1) is 7.11 Å². The number of methoxy groups -OCH3 is 1. The van der Waals surface area contributed by atoms with Crippen LogP contribution in [0.25, 0.3) is 0 Å². The fourth-order valence-electron chi connectivity index (χ4n) is 3.75. The second-order valence-corrected chi connectivity index (χ2v) is 8.04. The predicted octanol–water partition coefficient (Wildman–Crippen LogP) is 5.33. The van der Waals surface area contributed by atoms with E-state index in [2.05, 4.69) is 32.1 Å². The van der Waals surface area contributed by atoms with Gasteiger partial charge in [-0.15, -0.1) is 0 Å². The van der Waals surface area contributed by atoms with Crippen LogP contribution in [0, 0.1) is 12.3 Å². The first-order chi connectivity index (χ1) is 16.0. The molecule has 2 heterocycles. The lowest BCUT2D eigenvalue weighted by molar-refractivity contribution is 0.340. The van der Waals surface area contributed by atoms with Crippen LogP contribution in [-0.4, -0.2) is 40.9 Å². The molecule has 0 saturated carbocycles. The van der Waals surface area contributed by atoms with Crippen LogP contribution in [-0.2, 0) is 0 Å². The molecule has 0 unspecified atom stereocenters. The molecule has 0 aliphatic carbocycles. The highest BCUT2D eigenvalue weighted by molar-refractivity contribution is 5.99. The van der Waals surface area contributed by atoms with Crippen molar-refractivity contribution in [2.24, 2.45) is 0 Å². The lowest BCUT2D eigenvalue weighted by Gasteiger charge is -2.28. The van der Waals surface area contributed by atoms with E-state index >= 15 is 0 Å². The molecular weight excluding hydrogens is 416 g/mol. The van der Waals surface area contributed by atoms with Crippen LogP contribution < -0.4 is 20.1 Å². The molecule has 1 aromatic heterocycles. The molecule has 0 atom stereocenters. The summed E-state index contributed by atoms with van der Waals surface area (Å²) in [5, 5.41) is 15.2. The van der Waals surface area contributed by atoms with Gasteiger partial charge in [-0.05, 0) is 68.1 Å². The van der Waals surface area contributed by atoms with E-state index in [4.69, 9.17) is 14.9 Å². The summed E-state index contributed by atoms with van der Waals surface area (Å²) in [6.45, 7) is 7.80. The summed E-state index contributed by atoms with van der Waals surface area (Å²) in [5.74, 6) is 2.87. The second kappa shape index (κ2) is 10.1. The van der Waals surface area contributed by atoms with Crippen molar-refractivity contribution in [3.63, 3.8) is 0 Å². The molecule has 0 amide bonds. The maximum absolute atomic E-state index is 8.80. The van der Waals surface area contributed by atoms with Crippen molar-refractivity contribution in [3.05, 3.63) is 72.2 Å². The fourth-order valence-corrected chi connectivity index (χ4v) is 3.75. The first-order valence-corrected chi connectivity index (χ1v) is 11.1. The Balaban J connectivity index is 1.54. The van der Waals surface area contributed by atoms with Gasteiger partial charge in [0.15, 0.2) is 5.82 Å². The monoisotopic (exact) mass is 446 g/mol. The zero-order valence-corrected chi connectivity index (χ0v) is 19.1. The van der Waals surface area contributed by atoms with Gasteiger partial charge >= 0.3 is 6.01 Å². The molecule has 1 saturated heterocycles. The lowest BCUT2D eigenvalue weighted by atomic mass is 10.1. The third kappa shape index (κ3) is 5.65. The van der Waals surface area contributed by atoms with Crippen molar-refractivity contribution < 1.29 is 9.47 Å². The number of nitrogens with zero attached hydrogens (tertiary/aromatic N) is 2. The molecule has 33 heavy (non-hydrogen) atoms. The summed E-state index contributed by atoms with van der Waals surface area (Å²) in [4.78, 5) is 9.83. The van der Waals surface area contributed by atoms with Crippen LogP contribution in [0.5, 0.6) is 17.5 Å². The van der Waals surface area contributed by atoms with Crippen LogP contribution >= 0.6 is 0 Å². The molecule has 4 N–H and O–H groups in total. The average molecular weight is 447 g/mol. The Morgan fingerprint density at radius 3 is 2.52 bits per heavy atom. The number of piperidine rings is 1. The van der Waals surface area contributed by atoms with Gasteiger partial charge in [-0.2, -0.15) is 4.98 Å². The largest absolute Gasteiger partial charge is 0.497 e. The highest BCUT2D eigenvalue weighted by Crippen LogP contribution is 2.26. The molecule has 1 aliphatic rings. The molecule has 1 aliphatic heterocycles. The SMILES string of the molecule is C=C(Nc1ccc(OC)cc1)Nc1nc(Oc2cccc(C)c2)[nH]c1C(=N)N1CCCCC1. The first kappa shape index (κ1) is 22.3. The van der Waals surface area contributed by atoms with E-state index in [1.807, 2.05) is 55.5 Å². The van der Waals surface area contributed by atoms with Crippen LogP contribution in [0.3, 0.4) is 0 Å². The van der Waals surface area contributed by atoms with Gasteiger partial charge in [0, 0.05) is 18.8 Å². The predicted molar refractivity (Wildman–Crippen MR) is 131 cm³/mol. The maximum atomic E-state index is 8.80. The number of aryl methyl sites for hydroxylation is 1. The Morgan fingerprint density at radius 1 is 1.06 bits per heavy atom. The molecule has 8 heteroatoms. The maximum Gasteiger partial charge on any atom is 0.301 e. The fraction of sp³-hybridized carbons (Fsp3) is 0.280. The number of anilines is 2. The number of H-pyrrole nitrogens is 1. The summed E-state index contributed by atoms with van der Waals surface area (Å²) in [6, 6.07) is 15.6. The number of nitrogens with one attached hydrogen (secondary N) is 4. The van der Waals surface area contributed by atoms with E-state index in [1.54, 1.807) is 7.11 Å². The van der Waals surface area contributed by atoms with Gasteiger partial charge in [0.25, 0.3) is 0 Å². The van der Waals surface area contributed by atoms with Gasteiger partial charge in [-0.1, -0.05) is 18.7 Å². The van der Waals surface area contributed by atoms with Crippen LogP contribution in [0.2, 0.25) is 0 Å². The standard InChI is InChI=1S/C25H30N6O2/c1-17-8-7-9-21(16-17)33-25-29-22(23(26)31-14-5-4-6-15-31)24(30-25)28-18(2)27-19-10-12-20(32-3)13-11-19/h7-13,16,26-28H,2,4-6,14-15H2,1,3H3,(H,29,30). The summed E-state index contributed by atoms with van der Waals surface area (Å²) < 4.78 is 11.2. The second-order valence-electron chi connectivity index (χ2n) is 8.04. The molecule has 172 valence electrons. The number of aromatic amines is 1. The van der Waals surface area contributed by atoms with Crippen molar-refractivity contribution in [1.82, 2.24) is 14.9 Å². The topological polar surface area (TPSA) is 98.3 Å². The van der Waals surface area contributed by atoms with Gasteiger partial charge < -0.3 is 30.0 Å². The number of amidine groups is 1. The number of likely N-dealkylation sites (tertiary alicyclic amines) is 1. The van der Waals surface area contributed by atoms with E-state index in [-0.39, 0.29) is 0 Å².